The summed E-state index contributed by atoms with van der Waals surface area (Å²) in [7, 11) is 0. The smallest absolute Gasteiger partial charge is 0.257 e. The molecule has 3 heterocycles. The van der Waals surface area contributed by atoms with Crippen LogP contribution in [0.3, 0.4) is 0 Å². The highest BCUT2D eigenvalue weighted by Crippen LogP contribution is 2.27. The minimum absolute atomic E-state index is 0.0743. The van der Waals surface area contributed by atoms with E-state index in [1.54, 1.807) is 11.0 Å². The molecule has 1 unspecified atom stereocenters. The van der Waals surface area contributed by atoms with Crippen LogP contribution in [-0.2, 0) is 11.2 Å². The van der Waals surface area contributed by atoms with Gasteiger partial charge in [-0.2, -0.15) is 5.10 Å². The molecule has 7 heteroatoms. The number of hydrogen-bond acceptors (Lipinski definition) is 4. The molecule has 4 rings (SSSR count). The predicted octanol–water partition coefficient (Wildman–Crippen LogP) is 1.74. The van der Waals surface area contributed by atoms with Crippen molar-refractivity contribution in [1.82, 2.24) is 14.7 Å². The topological polar surface area (TPSA) is 94.4 Å². The number of nitrogens with zero attached hydrogens (tertiary/aromatic N) is 3. The molecule has 1 saturated heterocycles. The molecule has 0 bridgehead atoms. The molecule has 1 aliphatic rings. The summed E-state index contributed by atoms with van der Waals surface area (Å²) in [6.45, 7) is 1.21. The van der Waals surface area contributed by atoms with Gasteiger partial charge in [0.05, 0.1) is 36.0 Å². The van der Waals surface area contributed by atoms with Gasteiger partial charge in [-0.1, -0.05) is 18.2 Å². The predicted molar refractivity (Wildman–Crippen MR) is 90.9 cm³/mol. The number of aromatic nitrogens is 2. The van der Waals surface area contributed by atoms with Crippen LogP contribution in [-0.4, -0.2) is 39.6 Å². The van der Waals surface area contributed by atoms with Crippen molar-refractivity contribution >= 4 is 22.7 Å². The number of hydrogen-bond donors (Lipinski definition) is 1. The maximum atomic E-state index is 12.8. The van der Waals surface area contributed by atoms with E-state index in [9.17, 15) is 9.59 Å². The maximum absolute atomic E-state index is 12.8. The summed E-state index contributed by atoms with van der Waals surface area (Å²) >= 11 is 0. The molecule has 25 heavy (non-hydrogen) atoms. The highest BCUT2D eigenvalue weighted by Gasteiger charge is 2.31. The number of carbonyl (C=O) groups excluding carboxylic acids is 2. The molecule has 3 aromatic rings. The molecule has 2 amide bonds. The van der Waals surface area contributed by atoms with Crippen LogP contribution < -0.4 is 5.73 Å². The number of amides is 2. The Hall–Kier alpha value is -3.09. The van der Waals surface area contributed by atoms with Crippen molar-refractivity contribution in [2.75, 3.05) is 13.1 Å². The number of likely N-dealkylation sites (tertiary alicyclic amines) is 1. The quantitative estimate of drug-likeness (QED) is 0.784. The number of fused-ring (bicyclic) bond motifs is 1. The minimum Gasteiger partial charge on any atom is -0.468 e. The Kier molecular flexibility index (Phi) is 3.76. The summed E-state index contributed by atoms with van der Waals surface area (Å²) in [5.74, 6) is -0.333. The lowest BCUT2D eigenvalue weighted by Gasteiger charge is -2.17. The number of para-hydroxylation sites is 1. The van der Waals surface area contributed by atoms with Crippen molar-refractivity contribution in [1.29, 1.82) is 0 Å². The Bertz CT molecular complexity index is 943. The van der Waals surface area contributed by atoms with Gasteiger partial charge < -0.3 is 15.1 Å². The van der Waals surface area contributed by atoms with Gasteiger partial charge in [-0.25, -0.2) is 0 Å². The van der Waals surface area contributed by atoms with E-state index in [0.717, 1.165) is 17.3 Å². The van der Waals surface area contributed by atoms with Crippen molar-refractivity contribution in [2.24, 2.45) is 5.73 Å². The van der Waals surface area contributed by atoms with Crippen LogP contribution in [0.5, 0.6) is 0 Å². The van der Waals surface area contributed by atoms with Crippen LogP contribution in [0.4, 0.5) is 0 Å². The molecule has 128 valence electrons. The van der Waals surface area contributed by atoms with Crippen LogP contribution in [0.2, 0.25) is 0 Å². The Morgan fingerprint density at radius 2 is 2.12 bits per heavy atom. The van der Waals surface area contributed by atoms with Gasteiger partial charge in [-0.15, -0.1) is 0 Å². The summed E-state index contributed by atoms with van der Waals surface area (Å²) in [6.07, 6.45) is 4.02. The molecule has 7 nitrogen and oxygen atoms in total. The van der Waals surface area contributed by atoms with Gasteiger partial charge in [0.25, 0.3) is 5.91 Å². The fourth-order valence-electron chi connectivity index (χ4n) is 3.41. The van der Waals surface area contributed by atoms with E-state index in [2.05, 4.69) is 5.10 Å². The normalized spacial score (nSPS) is 17.3. The van der Waals surface area contributed by atoms with Crippen LogP contribution >= 0.6 is 0 Å². The van der Waals surface area contributed by atoms with E-state index in [-0.39, 0.29) is 18.4 Å². The second-order valence-corrected chi connectivity index (χ2v) is 6.24. The molecule has 0 aliphatic carbocycles. The highest BCUT2D eigenvalue weighted by molar-refractivity contribution is 5.96. The molecule has 1 fully saturated rings. The first kappa shape index (κ1) is 15.4. The SMILES string of the molecule is NC(=O)Cc1occc1C(=O)N1CCC(n2ncc3ccccc32)C1. The number of nitrogens with two attached hydrogens (primary N) is 1. The van der Waals surface area contributed by atoms with E-state index < -0.39 is 5.91 Å². The molecular weight excluding hydrogens is 320 g/mol. The lowest BCUT2D eigenvalue weighted by Crippen LogP contribution is -2.30. The van der Waals surface area contributed by atoms with Crippen LogP contribution in [0.1, 0.15) is 28.6 Å². The molecule has 1 atom stereocenters. The summed E-state index contributed by atoms with van der Waals surface area (Å²) < 4.78 is 7.24. The van der Waals surface area contributed by atoms with Crippen molar-refractivity contribution in [3.8, 4) is 0 Å². The van der Waals surface area contributed by atoms with Crippen LogP contribution in [0.15, 0.2) is 47.2 Å². The second-order valence-electron chi connectivity index (χ2n) is 6.24. The van der Waals surface area contributed by atoms with E-state index in [0.29, 0.717) is 24.4 Å². The van der Waals surface area contributed by atoms with E-state index in [1.165, 1.54) is 6.26 Å². The number of primary amides is 1. The third kappa shape index (κ3) is 2.77. The zero-order valence-corrected chi connectivity index (χ0v) is 13.6. The lowest BCUT2D eigenvalue weighted by atomic mass is 10.2. The molecule has 2 aromatic heterocycles. The zero-order chi connectivity index (χ0) is 17.4. The van der Waals surface area contributed by atoms with E-state index in [4.69, 9.17) is 10.2 Å². The summed E-state index contributed by atoms with van der Waals surface area (Å²) in [5.41, 5.74) is 6.69. The van der Waals surface area contributed by atoms with Gasteiger partial charge >= 0.3 is 0 Å². The third-order valence-electron chi connectivity index (χ3n) is 4.61. The molecule has 0 radical (unpaired) electrons. The number of carbonyl (C=O) groups is 2. The molecule has 1 aromatic carbocycles. The minimum atomic E-state index is -0.522. The standard InChI is InChI=1S/C18H18N4O3/c19-17(23)9-16-14(6-8-25-16)18(24)21-7-5-13(11-21)22-15-4-2-1-3-12(15)10-20-22/h1-4,6,8,10,13H,5,7,9,11H2,(H2,19,23). The van der Waals surface area contributed by atoms with Crippen molar-refractivity contribution < 1.29 is 14.0 Å². The number of rotatable bonds is 4. The number of furan rings is 1. The fourth-order valence-corrected chi connectivity index (χ4v) is 3.41. The monoisotopic (exact) mass is 338 g/mol. The van der Waals surface area contributed by atoms with E-state index >= 15 is 0 Å². The first-order chi connectivity index (χ1) is 12.1. The van der Waals surface area contributed by atoms with Gasteiger partial charge in [0.15, 0.2) is 0 Å². The van der Waals surface area contributed by atoms with Crippen molar-refractivity contribution in [2.45, 2.75) is 18.9 Å². The second kappa shape index (κ2) is 6.08. The number of benzene rings is 1. The first-order valence-electron chi connectivity index (χ1n) is 8.19. The molecule has 0 spiro atoms. The Balaban J connectivity index is 1.54. The van der Waals surface area contributed by atoms with Gasteiger partial charge in [-0.05, 0) is 18.6 Å². The molecule has 0 saturated carbocycles. The van der Waals surface area contributed by atoms with Crippen molar-refractivity contribution in [3.05, 3.63) is 54.1 Å². The summed E-state index contributed by atoms with van der Waals surface area (Å²) in [4.78, 5) is 25.7. The van der Waals surface area contributed by atoms with Gasteiger partial charge in [-0.3, -0.25) is 14.3 Å². The summed E-state index contributed by atoms with van der Waals surface area (Å²) in [5, 5.41) is 5.58. The fraction of sp³-hybridized carbons (Fsp3) is 0.278. The van der Waals surface area contributed by atoms with E-state index in [1.807, 2.05) is 35.1 Å². The highest BCUT2D eigenvalue weighted by atomic mass is 16.3. The molecular formula is C18H18N4O3. The van der Waals surface area contributed by atoms with Gasteiger partial charge in [0, 0.05) is 18.5 Å². The Labute approximate surface area is 144 Å². The third-order valence-corrected chi connectivity index (χ3v) is 4.61. The molecule has 2 N–H and O–H groups in total. The Morgan fingerprint density at radius 3 is 2.96 bits per heavy atom. The van der Waals surface area contributed by atoms with Gasteiger partial charge in [0.1, 0.15) is 5.76 Å². The average molecular weight is 338 g/mol. The van der Waals surface area contributed by atoms with Gasteiger partial charge in [0.2, 0.25) is 5.91 Å². The van der Waals surface area contributed by atoms with Crippen LogP contribution in [0, 0.1) is 0 Å². The molecule has 1 aliphatic heterocycles. The van der Waals surface area contributed by atoms with Crippen molar-refractivity contribution in [3.63, 3.8) is 0 Å². The maximum Gasteiger partial charge on any atom is 0.257 e. The lowest BCUT2D eigenvalue weighted by molar-refractivity contribution is -0.117. The van der Waals surface area contributed by atoms with Crippen LogP contribution in [0.25, 0.3) is 10.9 Å². The Morgan fingerprint density at radius 1 is 1.28 bits per heavy atom. The first-order valence-corrected chi connectivity index (χ1v) is 8.19. The zero-order valence-electron chi connectivity index (χ0n) is 13.6. The average Bonchev–Trinajstić information content (AvgIpc) is 3.32. The largest absolute Gasteiger partial charge is 0.468 e. The summed E-state index contributed by atoms with van der Waals surface area (Å²) in [6, 6.07) is 9.76.